The maximum absolute atomic E-state index is 11.8. The molecule has 1 saturated heterocycles. The Morgan fingerprint density at radius 2 is 2.14 bits per heavy atom. The third-order valence-electron chi connectivity index (χ3n) is 3.34. The van der Waals surface area contributed by atoms with Crippen molar-refractivity contribution in [2.45, 2.75) is 19.3 Å². The molecule has 0 radical (unpaired) electrons. The van der Waals surface area contributed by atoms with Crippen molar-refractivity contribution < 1.29 is 35.7 Å². The summed E-state index contributed by atoms with van der Waals surface area (Å²) in [6.45, 7) is 1.72. The van der Waals surface area contributed by atoms with Gasteiger partial charge in [0.15, 0.2) is 12.3 Å². The Bertz CT molecular complexity index is 553. The van der Waals surface area contributed by atoms with Gasteiger partial charge in [0.25, 0.3) is 5.91 Å². The van der Waals surface area contributed by atoms with Crippen LogP contribution in [0.1, 0.15) is 25.0 Å². The second-order valence-electron chi connectivity index (χ2n) is 5.11. The zero-order chi connectivity index (χ0) is 15.3. The highest BCUT2D eigenvalue weighted by atomic mass is 79.9. The van der Waals surface area contributed by atoms with E-state index in [1.165, 1.54) is 18.3 Å². The molecule has 1 aromatic heterocycles. The summed E-state index contributed by atoms with van der Waals surface area (Å²) in [4.78, 5) is 21.6. The van der Waals surface area contributed by atoms with Gasteiger partial charge in [-0.15, -0.1) is 0 Å². The van der Waals surface area contributed by atoms with Crippen LogP contribution in [-0.4, -0.2) is 41.3 Å². The maximum atomic E-state index is 11.8. The monoisotopic (exact) mass is 375 g/mol. The molecular weight excluding hydrogens is 358 g/mol. The Morgan fingerprint density at radius 1 is 1.45 bits per heavy atom. The highest BCUT2D eigenvalue weighted by molar-refractivity contribution is 5.81. The zero-order valence-electron chi connectivity index (χ0n) is 11.9. The first-order valence-corrected chi connectivity index (χ1v) is 6.69. The fourth-order valence-corrected chi connectivity index (χ4v) is 2.30. The van der Waals surface area contributed by atoms with Gasteiger partial charge in [0, 0.05) is 0 Å². The second kappa shape index (κ2) is 8.01. The van der Waals surface area contributed by atoms with E-state index in [1.807, 2.05) is 0 Å². The van der Waals surface area contributed by atoms with Crippen molar-refractivity contribution >= 4 is 18.0 Å². The number of hydrazone groups is 1. The highest BCUT2D eigenvalue weighted by Gasteiger charge is 2.28. The van der Waals surface area contributed by atoms with Crippen molar-refractivity contribution in [3.05, 3.63) is 28.0 Å². The largest absolute Gasteiger partial charge is 1.00 e. The molecule has 1 aliphatic heterocycles. The molecule has 0 bridgehead atoms. The van der Waals surface area contributed by atoms with Crippen LogP contribution in [0.15, 0.2) is 21.7 Å². The molecule has 10 heteroatoms. The fourth-order valence-electron chi connectivity index (χ4n) is 2.30. The van der Waals surface area contributed by atoms with E-state index >= 15 is 0 Å². The van der Waals surface area contributed by atoms with Crippen LogP contribution in [-0.2, 0) is 4.79 Å². The predicted molar refractivity (Wildman–Crippen MR) is 74.0 cm³/mol. The summed E-state index contributed by atoms with van der Waals surface area (Å²) in [7, 11) is 0. The molecule has 0 atom stereocenters. The first-order chi connectivity index (χ1) is 9.98. The lowest BCUT2D eigenvalue weighted by atomic mass is 10.1. The number of furan rings is 1. The first kappa shape index (κ1) is 18.3. The summed E-state index contributed by atoms with van der Waals surface area (Å²) in [6, 6.07) is 2.62. The highest BCUT2D eigenvalue weighted by Crippen LogP contribution is 2.14. The van der Waals surface area contributed by atoms with Crippen LogP contribution < -0.4 is 28.2 Å². The van der Waals surface area contributed by atoms with Gasteiger partial charge in [-0.05, 0) is 25.3 Å². The van der Waals surface area contributed by atoms with Gasteiger partial charge >= 0.3 is 5.88 Å². The molecule has 22 heavy (non-hydrogen) atoms. The number of likely N-dealkylation sites (tertiary alicyclic amines) is 1. The fraction of sp³-hybridized carbons (Fsp3) is 0.500. The smallest absolute Gasteiger partial charge is 0.433 e. The Morgan fingerprint density at radius 3 is 2.73 bits per heavy atom. The molecule has 2 rings (SSSR count). The quantitative estimate of drug-likeness (QED) is 0.194. The standard InChI is InChI=1S/C12H17N5O4.BrH/c13-17(6-2-1-3-7-17)9-11(18)15-14-8-10-4-5-12(21-10)16(19)20;/h4-5,8H,1-3,6-7,9,13H2;1H. The summed E-state index contributed by atoms with van der Waals surface area (Å²) in [6.07, 6.45) is 4.39. The molecule has 0 unspecified atom stereocenters. The average Bonchev–Trinajstić information content (AvgIpc) is 2.88. The molecule has 1 amide bonds. The molecular formula is C12H18BrN5O4. The van der Waals surface area contributed by atoms with Gasteiger partial charge in [0.05, 0.1) is 25.4 Å². The van der Waals surface area contributed by atoms with E-state index < -0.39 is 4.92 Å². The number of hydrogen-bond acceptors (Lipinski definition) is 6. The van der Waals surface area contributed by atoms with Crippen molar-refractivity contribution in [2.24, 2.45) is 10.9 Å². The number of nitrogens with two attached hydrogens (primary N) is 1. The number of nitrogens with zero attached hydrogens (tertiary/aromatic N) is 3. The van der Waals surface area contributed by atoms with Crippen LogP contribution in [0, 0.1) is 10.1 Å². The lowest BCUT2D eigenvalue weighted by Gasteiger charge is -2.34. The van der Waals surface area contributed by atoms with E-state index in [9.17, 15) is 14.9 Å². The van der Waals surface area contributed by atoms with Gasteiger partial charge in [-0.25, -0.2) is 10.0 Å². The number of piperidine rings is 1. The van der Waals surface area contributed by atoms with Gasteiger partial charge in [-0.1, -0.05) is 0 Å². The normalized spacial score (nSPS) is 17.0. The van der Waals surface area contributed by atoms with Crippen molar-refractivity contribution in [3.63, 3.8) is 0 Å². The molecule has 0 aliphatic carbocycles. The minimum absolute atomic E-state index is 0. The van der Waals surface area contributed by atoms with Crippen molar-refractivity contribution in [2.75, 3.05) is 19.6 Å². The number of halogens is 1. The van der Waals surface area contributed by atoms with Crippen LogP contribution in [0.5, 0.6) is 0 Å². The number of carbonyl (C=O) groups excluding carboxylic acids is 1. The number of carbonyl (C=O) groups is 1. The number of nitro groups is 1. The van der Waals surface area contributed by atoms with Crippen LogP contribution in [0.2, 0.25) is 0 Å². The SMILES string of the molecule is N[N+]1(CC(=O)NN=Cc2ccc([N+](=O)[O-])o2)CCCCC1.[Br-]. The maximum Gasteiger partial charge on any atom is 0.433 e. The average molecular weight is 376 g/mol. The van der Waals surface area contributed by atoms with E-state index in [4.69, 9.17) is 10.3 Å². The van der Waals surface area contributed by atoms with Crippen molar-refractivity contribution in [3.8, 4) is 0 Å². The summed E-state index contributed by atoms with van der Waals surface area (Å²) in [5.41, 5.74) is 2.35. The minimum Gasteiger partial charge on any atom is -1.00 e. The van der Waals surface area contributed by atoms with Crippen LogP contribution in [0.4, 0.5) is 5.88 Å². The lowest BCUT2D eigenvalue weighted by Crippen LogP contribution is -3.00. The van der Waals surface area contributed by atoms with Crippen LogP contribution >= 0.6 is 0 Å². The van der Waals surface area contributed by atoms with Crippen LogP contribution in [0.3, 0.4) is 0 Å². The zero-order valence-corrected chi connectivity index (χ0v) is 13.5. The molecule has 0 saturated carbocycles. The molecule has 9 nitrogen and oxygen atoms in total. The van der Waals surface area contributed by atoms with E-state index in [1.54, 1.807) is 0 Å². The minimum atomic E-state index is -0.644. The molecule has 0 aromatic carbocycles. The third-order valence-corrected chi connectivity index (χ3v) is 3.34. The second-order valence-corrected chi connectivity index (χ2v) is 5.11. The molecule has 1 aliphatic rings. The molecule has 1 fully saturated rings. The van der Waals surface area contributed by atoms with E-state index in [2.05, 4.69) is 10.5 Å². The molecule has 2 heterocycles. The summed E-state index contributed by atoms with van der Waals surface area (Å²) < 4.78 is 5.10. The molecule has 122 valence electrons. The number of quaternary nitrogens is 1. The van der Waals surface area contributed by atoms with Crippen molar-refractivity contribution in [1.82, 2.24) is 5.43 Å². The summed E-state index contributed by atoms with van der Waals surface area (Å²) in [5, 5.41) is 14.1. The van der Waals surface area contributed by atoms with Gasteiger partial charge in [0.2, 0.25) is 0 Å². The molecule has 1 aromatic rings. The number of rotatable bonds is 5. The van der Waals surface area contributed by atoms with Gasteiger partial charge in [0.1, 0.15) is 4.92 Å². The Balaban J connectivity index is 0.00000242. The van der Waals surface area contributed by atoms with Crippen LogP contribution in [0.25, 0.3) is 0 Å². The molecule has 0 spiro atoms. The summed E-state index contributed by atoms with van der Waals surface area (Å²) >= 11 is 0. The number of amides is 1. The number of hydrogen-bond donors (Lipinski definition) is 2. The van der Waals surface area contributed by atoms with Gasteiger partial charge < -0.3 is 21.4 Å². The predicted octanol–water partition coefficient (Wildman–Crippen LogP) is -2.48. The third kappa shape index (κ3) is 5.20. The topological polar surface area (TPSA) is 124 Å². The Labute approximate surface area is 137 Å². The van der Waals surface area contributed by atoms with Gasteiger partial charge in [-0.3, -0.25) is 14.9 Å². The molecule has 3 N–H and O–H groups in total. The van der Waals surface area contributed by atoms with E-state index in [-0.39, 0.29) is 45.7 Å². The van der Waals surface area contributed by atoms with Crippen molar-refractivity contribution in [1.29, 1.82) is 0 Å². The van der Waals surface area contributed by atoms with E-state index in [0.29, 0.717) is 0 Å². The van der Waals surface area contributed by atoms with E-state index in [0.717, 1.165) is 32.4 Å². The lowest BCUT2D eigenvalue weighted by molar-refractivity contribution is -0.936. The number of nitrogens with one attached hydrogen (secondary N) is 1. The Kier molecular flexibility index (Phi) is 6.65. The Hall–Kier alpha value is -1.78. The van der Waals surface area contributed by atoms with Gasteiger partial charge in [-0.2, -0.15) is 10.9 Å². The first-order valence-electron chi connectivity index (χ1n) is 6.69. The summed E-state index contributed by atoms with van der Waals surface area (Å²) in [5.74, 6) is 5.63.